The number of hydrogen-bond acceptors (Lipinski definition) is 3. The van der Waals surface area contributed by atoms with Crippen LogP contribution in [-0.4, -0.2) is 31.9 Å². The molecule has 1 aliphatic carbocycles. The lowest BCUT2D eigenvalue weighted by molar-refractivity contribution is -0.143. The average Bonchev–Trinajstić information content (AvgIpc) is 3.20. The summed E-state index contributed by atoms with van der Waals surface area (Å²) in [5.41, 5.74) is -0.315. The zero-order chi connectivity index (χ0) is 21.1. The molecule has 1 amide bonds. The lowest BCUT2D eigenvalue weighted by Gasteiger charge is -2.35. The van der Waals surface area contributed by atoms with Crippen molar-refractivity contribution in [1.29, 1.82) is 0 Å². The highest BCUT2D eigenvalue weighted by molar-refractivity contribution is 5.82. The van der Waals surface area contributed by atoms with Crippen molar-refractivity contribution in [3.63, 3.8) is 0 Å². The Morgan fingerprint density at radius 3 is 2.45 bits per heavy atom. The second-order valence-electron chi connectivity index (χ2n) is 9.48. The molecule has 8 heteroatoms. The molecule has 3 unspecified atom stereocenters. The Kier molecular flexibility index (Phi) is 4.66. The zero-order valence-electron chi connectivity index (χ0n) is 17.3. The van der Waals surface area contributed by atoms with Gasteiger partial charge in [0.1, 0.15) is 5.69 Å². The lowest BCUT2D eigenvalue weighted by atomic mass is 9.91. The van der Waals surface area contributed by atoms with Gasteiger partial charge in [-0.25, -0.2) is 9.50 Å². The third kappa shape index (κ3) is 3.73. The number of aromatic nitrogens is 3. The van der Waals surface area contributed by atoms with E-state index < -0.39 is 17.3 Å². The van der Waals surface area contributed by atoms with Gasteiger partial charge >= 0.3 is 6.18 Å². The third-order valence-electron chi connectivity index (χ3n) is 6.06. The maximum absolute atomic E-state index is 13.7. The van der Waals surface area contributed by atoms with Gasteiger partial charge in [0, 0.05) is 23.9 Å². The summed E-state index contributed by atoms with van der Waals surface area (Å²) in [6.45, 7) is 8.19. The van der Waals surface area contributed by atoms with Crippen LogP contribution in [0.3, 0.4) is 0 Å². The number of carbonyl (C=O) groups excluding carboxylic acids is 1. The summed E-state index contributed by atoms with van der Waals surface area (Å²) < 4.78 is 42.1. The van der Waals surface area contributed by atoms with E-state index in [9.17, 15) is 18.0 Å². The highest BCUT2D eigenvalue weighted by atomic mass is 19.4. The predicted molar refractivity (Wildman–Crippen MR) is 102 cm³/mol. The van der Waals surface area contributed by atoms with Crippen molar-refractivity contribution in [1.82, 2.24) is 19.5 Å². The normalized spacial score (nSPS) is 25.5. The van der Waals surface area contributed by atoms with E-state index in [2.05, 4.69) is 17.0 Å². The van der Waals surface area contributed by atoms with E-state index in [-0.39, 0.29) is 23.5 Å². The van der Waals surface area contributed by atoms with Gasteiger partial charge in [0.25, 0.3) is 0 Å². The number of hydrogen-bond donors (Lipinski definition) is 0. The second kappa shape index (κ2) is 6.71. The molecule has 5 nitrogen and oxygen atoms in total. The average molecular weight is 408 g/mol. The van der Waals surface area contributed by atoms with Gasteiger partial charge in [-0.3, -0.25) is 4.79 Å². The minimum atomic E-state index is -4.55. The molecular formula is C21H27F3N4O. The Morgan fingerprint density at radius 2 is 1.86 bits per heavy atom. The van der Waals surface area contributed by atoms with Crippen molar-refractivity contribution in [2.45, 2.75) is 71.0 Å². The molecule has 0 spiro atoms. The number of fused-ring (bicyclic) bond motifs is 1. The number of halogens is 3. The summed E-state index contributed by atoms with van der Waals surface area (Å²) in [5.74, 6) is 0.543. The van der Waals surface area contributed by atoms with Crippen LogP contribution in [0.25, 0.3) is 5.65 Å². The molecule has 1 saturated heterocycles. The number of carbonyl (C=O) groups is 1. The first-order valence-electron chi connectivity index (χ1n) is 10.3. The fourth-order valence-electron chi connectivity index (χ4n) is 4.12. The van der Waals surface area contributed by atoms with Gasteiger partial charge < -0.3 is 4.90 Å². The first-order chi connectivity index (χ1) is 13.5. The van der Waals surface area contributed by atoms with Crippen molar-refractivity contribution in [3.05, 3.63) is 29.2 Å². The van der Waals surface area contributed by atoms with E-state index in [1.807, 2.05) is 25.7 Å². The first-order valence-corrected chi connectivity index (χ1v) is 10.3. The largest absolute Gasteiger partial charge is 0.433 e. The van der Waals surface area contributed by atoms with Crippen LogP contribution in [0.2, 0.25) is 0 Å². The summed E-state index contributed by atoms with van der Waals surface area (Å²) in [4.78, 5) is 19.2. The zero-order valence-corrected chi connectivity index (χ0v) is 17.3. The van der Waals surface area contributed by atoms with Crippen LogP contribution in [0.15, 0.2) is 12.1 Å². The van der Waals surface area contributed by atoms with Gasteiger partial charge in [-0.2, -0.15) is 18.3 Å². The lowest BCUT2D eigenvalue weighted by Crippen LogP contribution is -2.39. The standard InChI is InChI=1S/C21H27F3N4O/c1-12-9-13(12)19(29)27-8-6-5-7-15(27)14-10-18-25-16(20(2,3)4)11-17(21(22,23)24)28(18)26-14/h10-13,15H,5-9H2,1-4H3. The molecule has 158 valence electrons. The molecule has 2 aromatic heterocycles. The van der Waals surface area contributed by atoms with E-state index in [4.69, 9.17) is 0 Å². The molecule has 2 aliphatic rings. The molecule has 1 saturated carbocycles. The minimum Gasteiger partial charge on any atom is -0.334 e. The number of rotatable bonds is 2. The monoisotopic (exact) mass is 408 g/mol. The van der Waals surface area contributed by atoms with E-state index in [0.717, 1.165) is 29.8 Å². The van der Waals surface area contributed by atoms with Crippen LogP contribution < -0.4 is 0 Å². The summed E-state index contributed by atoms with van der Waals surface area (Å²) in [6.07, 6.45) is -1.10. The SMILES string of the molecule is CC1CC1C(=O)N1CCCCC1c1cc2nc(C(C)(C)C)cc(C(F)(F)F)n2n1. The van der Waals surface area contributed by atoms with Crippen LogP contribution in [0.1, 0.15) is 76.5 Å². The van der Waals surface area contributed by atoms with Crippen LogP contribution in [0, 0.1) is 11.8 Å². The van der Waals surface area contributed by atoms with Gasteiger partial charge in [0.15, 0.2) is 5.65 Å². The highest BCUT2D eigenvalue weighted by Gasteiger charge is 2.44. The molecule has 0 bridgehead atoms. The Bertz CT molecular complexity index is 944. The van der Waals surface area contributed by atoms with Crippen molar-refractivity contribution < 1.29 is 18.0 Å². The van der Waals surface area contributed by atoms with Crippen LogP contribution in [0.4, 0.5) is 13.2 Å². The second-order valence-corrected chi connectivity index (χ2v) is 9.48. The molecule has 0 aromatic carbocycles. The predicted octanol–water partition coefficient (Wildman–Crippen LogP) is 4.76. The number of piperidine rings is 1. The van der Waals surface area contributed by atoms with Gasteiger partial charge in [-0.15, -0.1) is 0 Å². The molecule has 4 rings (SSSR count). The maximum atomic E-state index is 13.7. The molecule has 1 aliphatic heterocycles. The fourth-order valence-corrected chi connectivity index (χ4v) is 4.12. The Balaban J connectivity index is 1.78. The van der Waals surface area contributed by atoms with Gasteiger partial charge in [-0.1, -0.05) is 27.7 Å². The fraction of sp³-hybridized carbons (Fsp3) is 0.667. The molecule has 0 radical (unpaired) electrons. The van der Waals surface area contributed by atoms with Crippen molar-refractivity contribution in [2.24, 2.45) is 11.8 Å². The van der Waals surface area contributed by atoms with Gasteiger partial charge in [-0.05, 0) is 37.7 Å². The number of amides is 1. The van der Waals surface area contributed by atoms with Gasteiger partial charge in [0.05, 0.1) is 17.4 Å². The number of alkyl halides is 3. The number of nitrogens with zero attached hydrogens (tertiary/aromatic N) is 4. The Labute approximate surface area is 168 Å². The topological polar surface area (TPSA) is 50.5 Å². The first kappa shape index (κ1) is 20.2. The smallest absolute Gasteiger partial charge is 0.334 e. The van der Waals surface area contributed by atoms with Gasteiger partial charge in [0.2, 0.25) is 5.91 Å². The van der Waals surface area contributed by atoms with E-state index in [0.29, 0.717) is 30.3 Å². The van der Waals surface area contributed by atoms with E-state index in [1.165, 1.54) is 0 Å². The van der Waals surface area contributed by atoms with Crippen LogP contribution >= 0.6 is 0 Å². The summed E-state index contributed by atoms with van der Waals surface area (Å²) in [6, 6.07) is 2.42. The van der Waals surface area contributed by atoms with Crippen LogP contribution in [-0.2, 0) is 16.4 Å². The van der Waals surface area contributed by atoms with Crippen molar-refractivity contribution in [3.8, 4) is 0 Å². The maximum Gasteiger partial charge on any atom is 0.433 e. The van der Waals surface area contributed by atoms with Crippen LogP contribution in [0.5, 0.6) is 0 Å². The Morgan fingerprint density at radius 1 is 1.17 bits per heavy atom. The summed E-state index contributed by atoms with van der Waals surface area (Å²) in [7, 11) is 0. The molecular weight excluding hydrogens is 381 g/mol. The molecule has 0 N–H and O–H groups in total. The molecule has 3 heterocycles. The van der Waals surface area contributed by atoms with Crippen molar-refractivity contribution >= 4 is 11.6 Å². The quantitative estimate of drug-likeness (QED) is 0.720. The van der Waals surface area contributed by atoms with Crippen molar-refractivity contribution in [2.75, 3.05) is 6.54 Å². The molecule has 3 atom stereocenters. The number of likely N-dealkylation sites (tertiary alicyclic amines) is 1. The molecule has 2 aromatic rings. The molecule has 29 heavy (non-hydrogen) atoms. The van der Waals surface area contributed by atoms with E-state index >= 15 is 0 Å². The third-order valence-corrected chi connectivity index (χ3v) is 6.06. The molecule has 2 fully saturated rings. The summed E-state index contributed by atoms with van der Waals surface area (Å²) >= 11 is 0. The Hall–Kier alpha value is -2.12. The highest BCUT2D eigenvalue weighted by Crippen LogP contribution is 2.42. The summed E-state index contributed by atoms with van der Waals surface area (Å²) in [5, 5.41) is 4.30. The van der Waals surface area contributed by atoms with E-state index in [1.54, 1.807) is 6.07 Å². The minimum absolute atomic E-state index is 0.0454.